The van der Waals surface area contributed by atoms with Gasteiger partial charge in [-0.3, -0.25) is 9.69 Å². The zero-order valence-corrected chi connectivity index (χ0v) is 10.3. The van der Waals surface area contributed by atoms with Crippen molar-refractivity contribution in [1.82, 2.24) is 10.2 Å². The van der Waals surface area contributed by atoms with Gasteiger partial charge in [0.15, 0.2) is 0 Å². The van der Waals surface area contributed by atoms with E-state index in [0.717, 1.165) is 13.0 Å². The lowest BCUT2D eigenvalue weighted by atomic mass is 9.99. The zero-order chi connectivity index (χ0) is 9.97. The van der Waals surface area contributed by atoms with Crippen LogP contribution in [0.3, 0.4) is 0 Å². The molecule has 88 valence electrons. The van der Waals surface area contributed by atoms with Gasteiger partial charge < -0.3 is 5.32 Å². The van der Waals surface area contributed by atoms with Crippen LogP contribution in [-0.4, -0.2) is 41.9 Å². The van der Waals surface area contributed by atoms with E-state index < -0.39 is 0 Å². The average molecular weight is 253 g/mol. The molecule has 2 unspecified atom stereocenters. The van der Waals surface area contributed by atoms with Crippen molar-refractivity contribution in [3.8, 4) is 0 Å². The molecule has 0 spiro atoms. The third kappa shape index (κ3) is 2.99. The molecular formula is C10H18Cl2N2O. The summed E-state index contributed by atoms with van der Waals surface area (Å²) >= 11 is 5.48. The predicted octanol–water partition coefficient (Wildman–Crippen LogP) is 1.39. The second-order valence-corrected chi connectivity index (χ2v) is 4.46. The molecule has 2 heterocycles. The van der Waals surface area contributed by atoms with Gasteiger partial charge in [0.05, 0.1) is 0 Å². The van der Waals surface area contributed by atoms with Crippen LogP contribution in [0.15, 0.2) is 0 Å². The molecule has 2 atom stereocenters. The topological polar surface area (TPSA) is 32.3 Å². The van der Waals surface area contributed by atoms with E-state index in [-0.39, 0.29) is 24.2 Å². The number of piperidine rings is 1. The number of hydrogen-bond acceptors (Lipinski definition) is 2. The number of nitrogens with zero attached hydrogens (tertiary/aromatic N) is 1. The van der Waals surface area contributed by atoms with Gasteiger partial charge in [-0.05, 0) is 25.8 Å². The number of halogens is 2. The Morgan fingerprint density at radius 1 is 1.33 bits per heavy atom. The molecule has 2 fully saturated rings. The monoisotopic (exact) mass is 252 g/mol. The summed E-state index contributed by atoms with van der Waals surface area (Å²) < 4.78 is 0. The minimum absolute atomic E-state index is 0. The van der Waals surface area contributed by atoms with Crippen molar-refractivity contribution in [1.29, 1.82) is 0 Å². The number of rotatable bonds is 2. The first-order chi connectivity index (χ1) is 6.81. The van der Waals surface area contributed by atoms with Gasteiger partial charge in [-0.25, -0.2) is 0 Å². The summed E-state index contributed by atoms with van der Waals surface area (Å²) in [6.07, 6.45) is 4.93. The molecular weight excluding hydrogens is 235 g/mol. The Balaban J connectivity index is 0.00000112. The van der Waals surface area contributed by atoms with Crippen molar-refractivity contribution in [2.45, 2.75) is 37.8 Å². The third-order valence-electron chi connectivity index (χ3n) is 3.32. The van der Waals surface area contributed by atoms with E-state index in [1.807, 2.05) is 0 Å². The van der Waals surface area contributed by atoms with Gasteiger partial charge >= 0.3 is 0 Å². The Morgan fingerprint density at radius 2 is 2.13 bits per heavy atom. The maximum Gasteiger partial charge on any atom is 0.235 e. The molecule has 0 saturated carbocycles. The molecule has 2 rings (SSSR count). The number of fused-ring (bicyclic) bond motifs is 1. The van der Waals surface area contributed by atoms with E-state index in [1.165, 1.54) is 25.8 Å². The second kappa shape index (κ2) is 5.92. The van der Waals surface area contributed by atoms with Crippen LogP contribution in [0.5, 0.6) is 0 Å². The normalized spacial score (nSPS) is 30.5. The summed E-state index contributed by atoms with van der Waals surface area (Å²) in [4.78, 5) is 13.7. The Bertz CT molecular complexity index is 225. The molecule has 2 saturated heterocycles. The van der Waals surface area contributed by atoms with Gasteiger partial charge in [0.2, 0.25) is 5.91 Å². The van der Waals surface area contributed by atoms with E-state index >= 15 is 0 Å². The van der Waals surface area contributed by atoms with Crippen molar-refractivity contribution >= 4 is 29.9 Å². The maximum atomic E-state index is 11.2. The molecule has 0 aromatic rings. The molecule has 15 heavy (non-hydrogen) atoms. The molecule has 0 bridgehead atoms. The van der Waals surface area contributed by atoms with Gasteiger partial charge in [0.1, 0.15) is 5.88 Å². The van der Waals surface area contributed by atoms with Crippen LogP contribution in [0.4, 0.5) is 0 Å². The fraction of sp³-hybridized carbons (Fsp3) is 0.900. The summed E-state index contributed by atoms with van der Waals surface area (Å²) in [5, 5.41) is 3.02. The van der Waals surface area contributed by atoms with Gasteiger partial charge in [0.25, 0.3) is 0 Å². The highest BCUT2D eigenvalue weighted by Crippen LogP contribution is 2.26. The highest BCUT2D eigenvalue weighted by atomic mass is 35.5. The van der Waals surface area contributed by atoms with Crippen molar-refractivity contribution in [2.75, 3.05) is 19.0 Å². The largest absolute Gasteiger partial charge is 0.351 e. The molecule has 1 N–H and O–H groups in total. The van der Waals surface area contributed by atoms with Crippen molar-refractivity contribution in [3.05, 3.63) is 0 Å². The first-order valence-electron chi connectivity index (χ1n) is 5.40. The Labute approximate surface area is 102 Å². The molecule has 0 aliphatic carbocycles. The van der Waals surface area contributed by atoms with Gasteiger partial charge in [-0.2, -0.15) is 0 Å². The number of alkyl halides is 1. The van der Waals surface area contributed by atoms with Gasteiger partial charge in [0, 0.05) is 18.6 Å². The van der Waals surface area contributed by atoms with Crippen LogP contribution in [0.2, 0.25) is 0 Å². The van der Waals surface area contributed by atoms with E-state index in [2.05, 4.69) is 10.2 Å². The number of carbonyl (C=O) groups excluding carboxylic acids is 1. The lowest BCUT2D eigenvalue weighted by molar-refractivity contribution is -0.119. The van der Waals surface area contributed by atoms with Crippen molar-refractivity contribution in [3.63, 3.8) is 0 Å². The molecule has 5 heteroatoms. The average Bonchev–Trinajstić information content (AvgIpc) is 2.62. The van der Waals surface area contributed by atoms with Crippen LogP contribution in [0.1, 0.15) is 25.7 Å². The van der Waals surface area contributed by atoms with Crippen LogP contribution < -0.4 is 5.32 Å². The lowest BCUT2D eigenvalue weighted by Gasteiger charge is -2.32. The number of carbonyl (C=O) groups is 1. The predicted molar refractivity (Wildman–Crippen MR) is 63.7 cm³/mol. The minimum Gasteiger partial charge on any atom is -0.351 e. The van der Waals surface area contributed by atoms with E-state index in [4.69, 9.17) is 11.6 Å². The summed E-state index contributed by atoms with van der Waals surface area (Å²) in [6, 6.07) is 0.928. The molecule has 0 aromatic carbocycles. The van der Waals surface area contributed by atoms with Gasteiger partial charge in [-0.1, -0.05) is 6.42 Å². The standard InChI is InChI=1S/C10H17ClN2O.ClH/c11-7-10(14)12-8-4-6-13-5-2-1-3-9(8)13;/h8-9H,1-7H2,(H,12,14);1H. The summed E-state index contributed by atoms with van der Waals surface area (Å²) in [5.74, 6) is 0.0625. The van der Waals surface area contributed by atoms with Crippen molar-refractivity contribution < 1.29 is 4.79 Å². The second-order valence-electron chi connectivity index (χ2n) is 4.20. The SMILES string of the molecule is Cl.O=C(CCl)NC1CCN2CCCCC12. The molecule has 2 aliphatic rings. The van der Waals surface area contributed by atoms with Crippen LogP contribution in [-0.2, 0) is 4.79 Å². The Kier molecular flexibility index (Phi) is 5.16. The summed E-state index contributed by atoms with van der Waals surface area (Å²) in [5.41, 5.74) is 0. The van der Waals surface area contributed by atoms with Crippen LogP contribution >= 0.6 is 24.0 Å². The molecule has 0 aromatic heterocycles. The lowest BCUT2D eigenvalue weighted by Crippen LogP contribution is -2.47. The first kappa shape index (κ1) is 13.1. The molecule has 0 radical (unpaired) electrons. The fourth-order valence-corrected chi connectivity index (χ4v) is 2.74. The van der Waals surface area contributed by atoms with Crippen LogP contribution in [0.25, 0.3) is 0 Å². The smallest absolute Gasteiger partial charge is 0.235 e. The number of nitrogens with one attached hydrogen (secondary N) is 1. The number of amides is 1. The highest BCUT2D eigenvalue weighted by Gasteiger charge is 2.35. The number of hydrogen-bond donors (Lipinski definition) is 1. The van der Waals surface area contributed by atoms with E-state index in [0.29, 0.717) is 12.1 Å². The third-order valence-corrected chi connectivity index (χ3v) is 3.57. The highest BCUT2D eigenvalue weighted by molar-refractivity contribution is 6.27. The van der Waals surface area contributed by atoms with E-state index in [1.54, 1.807) is 0 Å². The zero-order valence-electron chi connectivity index (χ0n) is 8.75. The summed E-state index contributed by atoms with van der Waals surface area (Å²) in [6.45, 7) is 2.34. The maximum absolute atomic E-state index is 11.2. The Morgan fingerprint density at radius 3 is 2.87 bits per heavy atom. The molecule has 3 nitrogen and oxygen atoms in total. The summed E-state index contributed by atoms with van der Waals surface area (Å²) in [7, 11) is 0. The van der Waals surface area contributed by atoms with Crippen molar-refractivity contribution in [2.24, 2.45) is 0 Å². The van der Waals surface area contributed by atoms with Gasteiger partial charge in [-0.15, -0.1) is 24.0 Å². The Hall–Kier alpha value is 0.01000. The fourth-order valence-electron chi connectivity index (χ4n) is 2.66. The first-order valence-corrected chi connectivity index (χ1v) is 5.94. The minimum atomic E-state index is -0.0240. The molecule has 1 amide bonds. The quantitative estimate of drug-likeness (QED) is 0.754. The molecule has 2 aliphatic heterocycles. The van der Waals surface area contributed by atoms with E-state index in [9.17, 15) is 4.79 Å². The van der Waals surface area contributed by atoms with Crippen LogP contribution in [0, 0.1) is 0 Å².